The molecule has 0 atom stereocenters. The third-order valence-corrected chi connectivity index (χ3v) is 4.52. The molecule has 0 N–H and O–H groups in total. The molecule has 0 saturated heterocycles. The van der Waals surface area contributed by atoms with Crippen LogP contribution in [0.3, 0.4) is 0 Å². The molecule has 2 heterocycles. The van der Waals surface area contributed by atoms with Gasteiger partial charge in [-0.25, -0.2) is 0 Å². The quantitative estimate of drug-likeness (QED) is 0.361. The molecule has 2 aromatic heterocycles. The zero-order valence-electron chi connectivity index (χ0n) is 13.1. The molecule has 3 aromatic rings. The van der Waals surface area contributed by atoms with Crippen LogP contribution < -0.4 is 4.80 Å². The van der Waals surface area contributed by atoms with E-state index in [2.05, 4.69) is 26.7 Å². The lowest BCUT2D eigenvalue weighted by Crippen LogP contribution is -2.15. The topological polar surface area (TPSA) is 42.8 Å². The van der Waals surface area contributed by atoms with Gasteiger partial charge < -0.3 is 8.98 Å². The number of thiazole rings is 1. The van der Waals surface area contributed by atoms with Crippen LogP contribution >= 0.6 is 22.9 Å². The van der Waals surface area contributed by atoms with Crippen molar-refractivity contribution in [1.29, 1.82) is 0 Å². The lowest BCUT2D eigenvalue weighted by molar-refractivity contribution is 0.557. The van der Waals surface area contributed by atoms with Crippen molar-refractivity contribution in [2.24, 2.45) is 10.2 Å². The standard InChI is InChI=1S/C18H16ClN3OS/c1-3-10-22-16(14-6-8-15(19)9-7-14)12-24-18(22)21-20-13(2)17-5-4-11-23-17/h3-9,11-12H,1,10H2,2H3. The first-order valence-electron chi connectivity index (χ1n) is 7.36. The summed E-state index contributed by atoms with van der Waals surface area (Å²) in [6.07, 6.45) is 3.46. The van der Waals surface area contributed by atoms with E-state index in [1.165, 1.54) is 11.3 Å². The smallest absolute Gasteiger partial charge is 0.211 e. The lowest BCUT2D eigenvalue weighted by Gasteiger charge is -2.06. The monoisotopic (exact) mass is 357 g/mol. The maximum absolute atomic E-state index is 5.97. The van der Waals surface area contributed by atoms with Gasteiger partial charge in [-0.1, -0.05) is 29.8 Å². The molecular formula is C18H16ClN3OS. The summed E-state index contributed by atoms with van der Waals surface area (Å²) < 4.78 is 7.39. The van der Waals surface area contributed by atoms with Gasteiger partial charge in [-0.3, -0.25) is 0 Å². The van der Waals surface area contributed by atoms with Crippen molar-refractivity contribution >= 4 is 28.6 Å². The van der Waals surface area contributed by atoms with Crippen LogP contribution in [0.5, 0.6) is 0 Å². The molecule has 4 nitrogen and oxygen atoms in total. The van der Waals surface area contributed by atoms with Crippen molar-refractivity contribution in [3.63, 3.8) is 0 Å². The van der Waals surface area contributed by atoms with Gasteiger partial charge in [0.25, 0.3) is 0 Å². The number of rotatable bonds is 5. The number of furan rings is 1. The minimum atomic E-state index is 0.648. The maximum atomic E-state index is 5.97. The Morgan fingerprint density at radius 1 is 1.33 bits per heavy atom. The molecule has 0 unspecified atom stereocenters. The molecule has 0 amide bonds. The minimum Gasteiger partial charge on any atom is -0.463 e. The van der Waals surface area contributed by atoms with Crippen LogP contribution in [-0.4, -0.2) is 10.3 Å². The number of allylic oxidation sites excluding steroid dienone is 1. The SMILES string of the molecule is C=CCn1c(-c2ccc(Cl)cc2)csc1=NN=C(C)c1ccco1. The van der Waals surface area contributed by atoms with Crippen molar-refractivity contribution < 1.29 is 4.42 Å². The van der Waals surface area contributed by atoms with E-state index in [1.54, 1.807) is 6.26 Å². The zero-order chi connectivity index (χ0) is 16.9. The second-order valence-electron chi connectivity index (χ2n) is 5.07. The molecule has 122 valence electrons. The number of nitrogens with zero attached hydrogens (tertiary/aromatic N) is 3. The van der Waals surface area contributed by atoms with Crippen LogP contribution in [0.4, 0.5) is 0 Å². The number of hydrogen-bond donors (Lipinski definition) is 0. The molecule has 0 radical (unpaired) electrons. The summed E-state index contributed by atoms with van der Waals surface area (Å²) in [6.45, 7) is 6.35. The van der Waals surface area contributed by atoms with E-state index >= 15 is 0 Å². The van der Waals surface area contributed by atoms with Gasteiger partial charge in [0.15, 0.2) is 0 Å². The van der Waals surface area contributed by atoms with Gasteiger partial charge in [-0.2, -0.15) is 0 Å². The summed E-state index contributed by atoms with van der Waals surface area (Å²) in [4.78, 5) is 0.797. The Morgan fingerprint density at radius 3 is 2.79 bits per heavy atom. The largest absolute Gasteiger partial charge is 0.463 e. The Balaban J connectivity index is 2.02. The van der Waals surface area contributed by atoms with Gasteiger partial charge in [0.2, 0.25) is 4.80 Å². The van der Waals surface area contributed by atoms with Crippen LogP contribution in [-0.2, 0) is 6.54 Å². The maximum Gasteiger partial charge on any atom is 0.211 e. The number of halogens is 1. The molecule has 3 rings (SSSR count). The average molecular weight is 358 g/mol. The fraction of sp³-hybridized carbons (Fsp3) is 0.111. The molecule has 0 bridgehead atoms. The third-order valence-electron chi connectivity index (χ3n) is 3.41. The highest BCUT2D eigenvalue weighted by Crippen LogP contribution is 2.22. The molecule has 24 heavy (non-hydrogen) atoms. The number of hydrogen-bond acceptors (Lipinski definition) is 4. The van der Waals surface area contributed by atoms with E-state index in [0.29, 0.717) is 17.3 Å². The van der Waals surface area contributed by atoms with Gasteiger partial charge in [-0.05, 0) is 36.8 Å². The molecule has 0 aliphatic heterocycles. The van der Waals surface area contributed by atoms with Crippen LogP contribution in [0.25, 0.3) is 11.3 Å². The fourth-order valence-corrected chi connectivity index (χ4v) is 3.21. The number of aromatic nitrogens is 1. The molecular weight excluding hydrogens is 342 g/mol. The van der Waals surface area contributed by atoms with Gasteiger partial charge in [0.1, 0.15) is 11.5 Å². The molecule has 0 fully saturated rings. The van der Waals surface area contributed by atoms with E-state index in [9.17, 15) is 0 Å². The molecule has 0 aliphatic carbocycles. The van der Waals surface area contributed by atoms with Crippen LogP contribution in [0.15, 0.2) is 75.3 Å². The minimum absolute atomic E-state index is 0.648. The van der Waals surface area contributed by atoms with Crippen LogP contribution in [0.2, 0.25) is 5.02 Å². The van der Waals surface area contributed by atoms with Gasteiger partial charge in [0.05, 0.1) is 12.0 Å². The van der Waals surface area contributed by atoms with Crippen molar-refractivity contribution in [1.82, 2.24) is 4.57 Å². The first-order chi connectivity index (χ1) is 11.7. The molecule has 0 aliphatic rings. The third kappa shape index (κ3) is 3.58. The Labute approximate surface area is 149 Å². The molecule has 1 aromatic carbocycles. The second-order valence-corrected chi connectivity index (χ2v) is 6.35. The summed E-state index contributed by atoms with van der Waals surface area (Å²) >= 11 is 7.51. The van der Waals surface area contributed by atoms with E-state index in [0.717, 1.165) is 21.8 Å². The normalized spacial score (nSPS) is 12.6. The highest BCUT2D eigenvalue weighted by atomic mass is 35.5. The summed E-state index contributed by atoms with van der Waals surface area (Å²) in [7, 11) is 0. The summed E-state index contributed by atoms with van der Waals surface area (Å²) in [5.74, 6) is 0.712. The predicted octanol–water partition coefficient (Wildman–Crippen LogP) is 4.97. The Bertz CT molecular complexity index is 918. The van der Waals surface area contributed by atoms with Crippen LogP contribution in [0.1, 0.15) is 12.7 Å². The first kappa shape index (κ1) is 16.5. The van der Waals surface area contributed by atoms with E-state index < -0.39 is 0 Å². The highest BCUT2D eigenvalue weighted by molar-refractivity contribution is 7.07. The zero-order valence-corrected chi connectivity index (χ0v) is 14.7. The van der Waals surface area contributed by atoms with E-state index in [4.69, 9.17) is 16.0 Å². The molecule has 0 spiro atoms. The predicted molar refractivity (Wildman–Crippen MR) is 99.4 cm³/mol. The van der Waals surface area contributed by atoms with Crippen molar-refractivity contribution in [2.45, 2.75) is 13.5 Å². The number of benzene rings is 1. The van der Waals surface area contributed by atoms with Crippen molar-refractivity contribution in [2.75, 3.05) is 0 Å². The van der Waals surface area contributed by atoms with Gasteiger partial charge in [-0.15, -0.1) is 28.1 Å². The molecule has 0 saturated carbocycles. The van der Waals surface area contributed by atoms with Crippen molar-refractivity contribution in [3.05, 3.63) is 76.3 Å². The second kappa shape index (κ2) is 7.47. The first-order valence-corrected chi connectivity index (χ1v) is 8.62. The van der Waals surface area contributed by atoms with E-state index in [1.807, 2.05) is 49.4 Å². The molecule has 6 heteroatoms. The Hall–Kier alpha value is -2.37. The lowest BCUT2D eigenvalue weighted by atomic mass is 10.2. The fourth-order valence-electron chi connectivity index (χ4n) is 2.22. The van der Waals surface area contributed by atoms with Gasteiger partial charge >= 0.3 is 0 Å². The van der Waals surface area contributed by atoms with E-state index in [-0.39, 0.29) is 0 Å². The Morgan fingerprint density at radius 2 is 2.12 bits per heavy atom. The Kier molecular flexibility index (Phi) is 5.13. The summed E-state index contributed by atoms with van der Waals surface area (Å²) in [5.41, 5.74) is 2.86. The van der Waals surface area contributed by atoms with Crippen molar-refractivity contribution in [3.8, 4) is 11.3 Å². The average Bonchev–Trinajstić information content (AvgIpc) is 3.24. The summed E-state index contributed by atoms with van der Waals surface area (Å²) in [5, 5.41) is 11.4. The highest BCUT2D eigenvalue weighted by Gasteiger charge is 2.07. The van der Waals surface area contributed by atoms with Gasteiger partial charge in [0, 0.05) is 16.9 Å². The van der Waals surface area contributed by atoms with Crippen LogP contribution in [0, 0.1) is 0 Å². The summed E-state index contributed by atoms with van der Waals surface area (Å²) in [6, 6.07) is 11.4.